The minimum absolute atomic E-state index is 0.0813. The summed E-state index contributed by atoms with van der Waals surface area (Å²) >= 11 is 0. The Morgan fingerprint density at radius 2 is 1.28 bits per heavy atom. The van der Waals surface area contributed by atoms with E-state index in [1.165, 1.54) is 0 Å². The lowest BCUT2D eigenvalue weighted by molar-refractivity contribution is -0.177. The van der Waals surface area contributed by atoms with Gasteiger partial charge in [-0.05, 0) is 39.8 Å². The second-order valence-corrected chi connectivity index (χ2v) is 27.4. The van der Waals surface area contributed by atoms with Crippen molar-refractivity contribution in [2.45, 2.75) is 95.0 Å². The number of cyclic esters (lactones) is 1. The van der Waals surface area contributed by atoms with Crippen LogP contribution < -0.4 is 0 Å². The number of β-lactam (4-membered cyclic amide) rings is 1. The highest BCUT2D eigenvalue weighted by Gasteiger charge is 2.71. The summed E-state index contributed by atoms with van der Waals surface area (Å²) in [4.78, 5) is 34.3. The van der Waals surface area contributed by atoms with Crippen LogP contribution in [0.1, 0.15) is 49.1 Å². The molecule has 0 bridgehead atoms. The maximum absolute atomic E-state index is 15.6. The Bertz CT molecular complexity index is 1730. The molecule has 0 N–H and O–H groups in total. The third kappa shape index (κ3) is 5.97. The molecule has 0 saturated carbocycles. The molecule has 4 aromatic carbocycles. The Hall–Kier alpha value is -3.69. The van der Waals surface area contributed by atoms with E-state index in [1.807, 2.05) is 53.4 Å². The van der Waals surface area contributed by atoms with E-state index in [2.05, 4.69) is 113 Å². The molecule has 0 spiro atoms. The Labute approximate surface area is 283 Å². The largest absolute Gasteiger partial charge is 0.439 e. The summed E-state index contributed by atoms with van der Waals surface area (Å²) < 4.78 is 6.38. The minimum Gasteiger partial charge on any atom is -0.439 e. The number of amides is 2. The smallest absolute Gasteiger partial charge is 0.412 e. The van der Waals surface area contributed by atoms with E-state index >= 15 is 4.79 Å². The van der Waals surface area contributed by atoms with Crippen LogP contribution in [0.5, 0.6) is 0 Å². The van der Waals surface area contributed by atoms with Gasteiger partial charge in [-0.15, -0.1) is 0 Å². The number of fused-ring (bicyclic) bond motifs is 1. The van der Waals surface area contributed by atoms with Crippen LogP contribution in [0.2, 0.25) is 39.3 Å². The van der Waals surface area contributed by atoms with E-state index < -0.39 is 39.9 Å². The van der Waals surface area contributed by atoms with Gasteiger partial charge in [0, 0.05) is 11.7 Å². The van der Waals surface area contributed by atoms with E-state index in [-0.39, 0.29) is 17.2 Å². The first-order valence-electron chi connectivity index (χ1n) is 17.1. The normalized spacial score (nSPS) is 23.5. The fourth-order valence-electron chi connectivity index (χ4n) is 8.82. The number of benzene rings is 4. The molecule has 6 rings (SSSR count). The molecule has 2 amide bonds. The molecular weight excluding hydrogens is 613 g/mol. The highest BCUT2D eigenvalue weighted by atomic mass is 28.4. The summed E-state index contributed by atoms with van der Waals surface area (Å²) in [6, 6.07) is 34.5. The van der Waals surface area contributed by atoms with E-state index in [9.17, 15) is 4.79 Å². The first kappa shape index (κ1) is 33.2. The van der Waals surface area contributed by atoms with Crippen LogP contribution >= 0.6 is 0 Å². The molecule has 2 fully saturated rings. The van der Waals surface area contributed by atoms with Crippen molar-refractivity contribution in [2.24, 2.45) is 5.92 Å². The quantitative estimate of drug-likeness (QED) is 0.126. The third-order valence-corrected chi connectivity index (χ3v) is 19.1. The van der Waals surface area contributed by atoms with Gasteiger partial charge in [-0.2, -0.15) is 0 Å². The monoisotopic (exact) mass is 662 g/mol. The molecule has 2 aliphatic heterocycles. The van der Waals surface area contributed by atoms with Crippen LogP contribution in [0, 0.1) is 5.92 Å². The highest BCUT2D eigenvalue weighted by Crippen LogP contribution is 2.55. The number of likely N-dealkylation sites (tertiary alicyclic amines) is 1. The lowest BCUT2D eigenvalue weighted by atomic mass is 9.69. The molecule has 0 aromatic heterocycles. The van der Waals surface area contributed by atoms with Gasteiger partial charge in [0.25, 0.3) is 5.91 Å². The van der Waals surface area contributed by atoms with Gasteiger partial charge in [-0.3, -0.25) is 9.69 Å². The minimum atomic E-state index is -1.85. The van der Waals surface area contributed by atoms with E-state index in [1.54, 1.807) is 0 Å². The molecule has 2 saturated heterocycles. The maximum Gasteiger partial charge on any atom is 0.412 e. The van der Waals surface area contributed by atoms with Crippen molar-refractivity contribution in [1.29, 1.82) is 0 Å². The van der Waals surface area contributed by atoms with Crippen molar-refractivity contribution in [1.82, 2.24) is 9.80 Å². The fraction of sp³-hybridized carbons (Fsp3) is 0.400. The number of hydrogen-bond acceptors (Lipinski definition) is 3. The predicted molar refractivity (Wildman–Crippen MR) is 198 cm³/mol. The van der Waals surface area contributed by atoms with Crippen molar-refractivity contribution in [2.75, 3.05) is 0 Å². The molecule has 2 aliphatic rings. The summed E-state index contributed by atoms with van der Waals surface area (Å²) in [6.45, 7) is 18.9. The Balaban J connectivity index is 1.58. The summed E-state index contributed by atoms with van der Waals surface area (Å²) in [6.07, 6.45) is 0.305. The van der Waals surface area contributed by atoms with Gasteiger partial charge in [-0.1, -0.05) is 156 Å². The second-order valence-electron chi connectivity index (χ2n) is 16.2. The van der Waals surface area contributed by atoms with Crippen LogP contribution in [0.15, 0.2) is 103 Å². The van der Waals surface area contributed by atoms with Gasteiger partial charge in [0.2, 0.25) is 0 Å². The molecule has 0 aliphatic carbocycles. The fourth-order valence-corrected chi connectivity index (χ4v) is 21.5. The van der Waals surface area contributed by atoms with Gasteiger partial charge in [-0.25, -0.2) is 4.79 Å². The summed E-state index contributed by atoms with van der Waals surface area (Å²) in [5.41, 5.74) is 1.88. The van der Waals surface area contributed by atoms with Crippen molar-refractivity contribution < 1.29 is 14.3 Å². The van der Waals surface area contributed by atoms with Crippen molar-refractivity contribution in [3.63, 3.8) is 0 Å². The highest BCUT2D eigenvalue weighted by molar-refractivity contribution is 6.96. The third-order valence-electron chi connectivity index (χ3n) is 10.1. The lowest BCUT2D eigenvalue weighted by Gasteiger charge is -2.65. The SMILES string of the molecule is CC(C)C[C@H]1N(C([Si](C)(C)C)[Si](C)(C)C)C(=O)[C@]1(Cc1ccc2ccccc2c1)N1C(=O)OC(c2ccccc2)[C@@H]1c1ccccc1. The van der Waals surface area contributed by atoms with Gasteiger partial charge in [0.05, 0.1) is 22.2 Å². The molecule has 4 aromatic rings. The standard InChI is InChI=1S/C40H50N2O3Si2/c1-28(2)25-34-40(27-29-23-24-30-17-15-16-22-33(30)26-29,37(43)41(34)39(46(3,4)5)47(6,7)8)42-35(31-18-11-9-12-19-31)36(45-38(42)44)32-20-13-10-14-21-32/h9-24,26,28,34-36,39H,25,27H2,1-8H3/t34-,35+,36?,40-/m1/s1. The Morgan fingerprint density at radius 1 is 0.723 bits per heavy atom. The number of ether oxygens (including phenoxy) is 1. The molecule has 47 heavy (non-hydrogen) atoms. The van der Waals surface area contributed by atoms with Gasteiger partial charge < -0.3 is 9.64 Å². The van der Waals surface area contributed by atoms with Gasteiger partial charge in [0.1, 0.15) is 11.6 Å². The Kier molecular flexibility index (Phi) is 8.77. The zero-order valence-electron chi connectivity index (χ0n) is 29.2. The van der Waals surface area contributed by atoms with Crippen molar-refractivity contribution >= 4 is 38.9 Å². The average Bonchev–Trinajstić information content (AvgIpc) is 3.38. The van der Waals surface area contributed by atoms with Crippen molar-refractivity contribution in [3.05, 3.63) is 120 Å². The predicted octanol–water partition coefficient (Wildman–Crippen LogP) is 9.44. The molecular formula is C40H50N2O3Si2. The first-order chi connectivity index (χ1) is 22.2. The van der Waals surface area contributed by atoms with Crippen molar-refractivity contribution in [3.8, 4) is 0 Å². The van der Waals surface area contributed by atoms with E-state index in [0.717, 1.165) is 33.9 Å². The van der Waals surface area contributed by atoms with E-state index in [0.29, 0.717) is 12.3 Å². The number of rotatable bonds is 10. The Morgan fingerprint density at radius 3 is 1.85 bits per heavy atom. The summed E-state index contributed by atoms with van der Waals surface area (Å²) in [5.74, 6) is 0.409. The van der Waals surface area contributed by atoms with E-state index in [4.69, 9.17) is 4.74 Å². The van der Waals surface area contributed by atoms with Gasteiger partial charge >= 0.3 is 6.09 Å². The maximum atomic E-state index is 15.6. The molecule has 246 valence electrons. The van der Waals surface area contributed by atoms with Crippen LogP contribution in [0.25, 0.3) is 10.8 Å². The number of carbonyl (C=O) groups excluding carboxylic acids is 2. The molecule has 1 unspecified atom stereocenters. The summed E-state index contributed by atoms with van der Waals surface area (Å²) in [7, 11) is -3.70. The lowest BCUT2D eigenvalue weighted by Crippen LogP contribution is -2.86. The van der Waals surface area contributed by atoms with Crippen LogP contribution in [0.3, 0.4) is 0 Å². The van der Waals surface area contributed by atoms with Crippen LogP contribution in [-0.4, -0.2) is 54.8 Å². The zero-order valence-corrected chi connectivity index (χ0v) is 31.2. The topological polar surface area (TPSA) is 49.9 Å². The number of nitrogens with zero attached hydrogens (tertiary/aromatic N) is 2. The first-order valence-corrected chi connectivity index (χ1v) is 24.3. The zero-order chi connectivity index (χ0) is 33.7. The average molecular weight is 663 g/mol. The molecule has 0 radical (unpaired) electrons. The number of hydrogen-bond donors (Lipinski definition) is 0. The van der Waals surface area contributed by atoms with Crippen LogP contribution in [0.4, 0.5) is 4.79 Å². The molecule has 4 atom stereocenters. The van der Waals surface area contributed by atoms with Crippen LogP contribution in [-0.2, 0) is 16.0 Å². The molecule has 5 nitrogen and oxygen atoms in total. The van der Waals surface area contributed by atoms with Gasteiger partial charge in [0.15, 0.2) is 6.10 Å². The summed E-state index contributed by atoms with van der Waals surface area (Å²) in [5, 5.41) is 2.53. The molecule has 7 heteroatoms. The second kappa shape index (κ2) is 12.4. The number of carbonyl (C=O) groups is 2. The molecule has 2 heterocycles.